The Hall–Kier alpha value is -3.53. The van der Waals surface area contributed by atoms with Crippen molar-refractivity contribution >= 4 is 35.0 Å². The van der Waals surface area contributed by atoms with Crippen LogP contribution in [0.3, 0.4) is 0 Å². The average molecular weight is 443 g/mol. The van der Waals surface area contributed by atoms with Crippen LogP contribution in [0.4, 0.5) is 0 Å². The predicted molar refractivity (Wildman–Crippen MR) is 117 cm³/mol. The van der Waals surface area contributed by atoms with Crippen LogP contribution in [0.25, 0.3) is 0 Å². The minimum Gasteiger partial charge on any atom is -0.493 e. The Morgan fingerprint density at radius 1 is 1.19 bits per heavy atom. The Bertz CT molecular complexity index is 1010. The Morgan fingerprint density at radius 2 is 1.94 bits per heavy atom. The largest absolute Gasteiger partial charge is 0.493 e. The molecule has 1 fully saturated rings. The summed E-state index contributed by atoms with van der Waals surface area (Å²) < 4.78 is 16.7. The molecule has 1 heterocycles. The molecule has 0 aliphatic carbocycles. The third-order valence-corrected chi connectivity index (χ3v) is 5.27. The standard InChI is InChI=1S/C21H21N3O6S/c1-28-15-8-14(11-22-24-21-23-20(27)17(31-21)10-18(25)26)9-16(19(15)29-2)30-12-13-6-4-3-5-7-13/h3-9,11,17H,10,12H2,1-2H3,(H,25,26)(H,23,24,27). The topological polar surface area (TPSA) is 119 Å². The van der Waals surface area contributed by atoms with Gasteiger partial charge in [-0.1, -0.05) is 42.1 Å². The summed E-state index contributed by atoms with van der Waals surface area (Å²) in [6, 6.07) is 13.2. The van der Waals surface area contributed by atoms with E-state index in [2.05, 4.69) is 15.5 Å². The molecule has 1 atom stereocenters. The number of carbonyl (C=O) groups excluding carboxylic acids is 1. The van der Waals surface area contributed by atoms with Crippen molar-refractivity contribution in [3.63, 3.8) is 0 Å². The number of rotatable bonds is 9. The molecule has 2 aromatic carbocycles. The molecule has 0 aromatic heterocycles. The summed E-state index contributed by atoms with van der Waals surface area (Å²) in [6.07, 6.45) is 1.19. The highest BCUT2D eigenvalue weighted by Gasteiger charge is 2.32. The molecule has 0 spiro atoms. The second-order valence-corrected chi connectivity index (χ2v) is 7.56. The fourth-order valence-electron chi connectivity index (χ4n) is 2.76. The molecular formula is C21H21N3O6S. The highest BCUT2D eigenvalue weighted by Crippen LogP contribution is 2.38. The van der Waals surface area contributed by atoms with E-state index in [1.54, 1.807) is 12.1 Å². The maximum absolute atomic E-state index is 11.8. The number of thioether (sulfide) groups is 1. The normalized spacial score (nSPS) is 17.0. The molecule has 1 aliphatic rings. The van der Waals surface area contributed by atoms with E-state index in [9.17, 15) is 9.59 Å². The summed E-state index contributed by atoms with van der Waals surface area (Å²) in [5, 5.41) is 18.8. The number of nitrogens with one attached hydrogen (secondary N) is 1. The first-order valence-corrected chi connectivity index (χ1v) is 10.1. The fourth-order valence-corrected chi connectivity index (χ4v) is 3.68. The number of hydrogen-bond acceptors (Lipinski definition) is 8. The molecule has 0 radical (unpaired) electrons. The molecule has 1 unspecified atom stereocenters. The molecule has 31 heavy (non-hydrogen) atoms. The van der Waals surface area contributed by atoms with Crippen LogP contribution in [0.5, 0.6) is 17.2 Å². The van der Waals surface area contributed by atoms with Gasteiger partial charge in [0.2, 0.25) is 11.7 Å². The van der Waals surface area contributed by atoms with Gasteiger partial charge in [0.25, 0.3) is 0 Å². The number of methoxy groups -OCH3 is 2. The van der Waals surface area contributed by atoms with Crippen molar-refractivity contribution in [1.29, 1.82) is 0 Å². The Balaban J connectivity index is 1.76. The first kappa shape index (κ1) is 22.2. The lowest BCUT2D eigenvalue weighted by atomic mass is 10.2. The molecule has 162 valence electrons. The van der Waals surface area contributed by atoms with Crippen LogP contribution in [0, 0.1) is 0 Å². The molecule has 9 nitrogen and oxygen atoms in total. The van der Waals surface area contributed by atoms with Gasteiger partial charge < -0.3 is 24.6 Å². The van der Waals surface area contributed by atoms with E-state index in [0.29, 0.717) is 29.4 Å². The van der Waals surface area contributed by atoms with E-state index in [4.69, 9.17) is 19.3 Å². The van der Waals surface area contributed by atoms with Crippen molar-refractivity contribution in [2.24, 2.45) is 10.2 Å². The van der Waals surface area contributed by atoms with Gasteiger partial charge in [-0.05, 0) is 17.7 Å². The zero-order chi connectivity index (χ0) is 22.2. The Labute approximate surface area is 183 Å². The monoisotopic (exact) mass is 443 g/mol. The van der Waals surface area contributed by atoms with Gasteiger partial charge >= 0.3 is 5.97 Å². The molecule has 1 saturated heterocycles. The number of nitrogens with zero attached hydrogens (tertiary/aromatic N) is 2. The van der Waals surface area contributed by atoms with Gasteiger partial charge in [-0.3, -0.25) is 9.59 Å². The summed E-state index contributed by atoms with van der Waals surface area (Å²) in [5.74, 6) is -0.0519. The van der Waals surface area contributed by atoms with Gasteiger partial charge in [0.1, 0.15) is 11.9 Å². The molecule has 2 N–H and O–H groups in total. The van der Waals surface area contributed by atoms with Gasteiger partial charge in [0, 0.05) is 5.56 Å². The van der Waals surface area contributed by atoms with Crippen LogP contribution in [-0.4, -0.2) is 47.8 Å². The number of benzene rings is 2. The number of amidine groups is 1. The first-order chi connectivity index (χ1) is 15.0. The first-order valence-electron chi connectivity index (χ1n) is 9.23. The van der Waals surface area contributed by atoms with Crippen LogP contribution in [0.15, 0.2) is 52.7 Å². The minimum absolute atomic E-state index is 0.244. The van der Waals surface area contributed by atoms with Crippen molar-refractivity contribution in [2.75, 3.05) is 14.2 Å². The van der Waals surface area contributed by atoms with Crippen molar-refractivity contribution < 1.29 is 28.9 Å². The van der Waals surface area contributed by atoms with Crippen molar-refractivity contribution in [3.05, 3.63) is 53.6 Å². The number of carbonyl (C=O) groups is 2. The van der Waals surface area contributed by atoms with Crippen LogP contribution in [0.1, 0.15) is 17.5 Å². The molecule has 0 bridgehead atoms. The predicted octanol–water partition coefficient (Wildman–Crippen LogP) is 2.68. The van der Waals surface area contributed by atoms with Crippen molar-refractivity contribution in [3.8, 4) is 17.2 Å². The number of hydrogen-bond donors (Lipinski definition) is 2. The minimum atomic E-state index is -1.05. The molecule has 2 aromatic rings. The molecule has 0 saturated carbocycles. The van der Waals surface area contributed by atoms with E-state index in [1.807, 2.05) is 30.3 Å². The molecule has 1 aliphatic heterocycles. The maximum Gasteiger partial charge on any atom is 0.305 e. The SMILES string of the molecule is COc1cc(C=NN=C2NC(=O)C(CC(=O)O)S2)cc(OCc2ccccc2)c1OC. The van der Waals surface area contributed by atoms with E-state index in [0.717, 1.165) is 17.3 Å². The quantitative estimate of drug-likeness (QED) is 0.452. The van der Waals surface area contributed by atoms with Crippen LogP contribution >= 0.6 is 11.8 Å². The number of ether oxygens (including phenoxy) is 3. The van der Waals surface area contributed by atoms with E-state index < -0.39 is 17.1 Å². The summed E-state index contributed by atoms with van der Waals surface area (Å²) in [7, 11) is 3.05. The van der Waals surface area contributed by atoms with Crippen LogP contribution in [0.2, 0.25) is 0 Å². The number of amides is 1. The highest BCUT2D eigenvalue weighted by molar-refractivity contribution is 8.15. The Morgan fingerprint density at radius 3 is 2.61 bits per heavy atom. The third-order valence-electron chi connectivity index (χ3n) is 4.20. The fraction of sp³-hybridized carbons (Fsp3) is 0.238. The van der Waals surface area contributed by atoms with Crippen molar-refractivity contribution in [1.82, 2.24) is 5.32 Å². The highest BCUT2D eigenvalue weighted by atomic mass is 32.2. The lowest BCUT2D eigenvalue weighted by Crippen LogP contribution is -2.26. The third kappa shape index (κ3) is 5.98. The van der Waals surface area contributed by atoms with E-state index in [1.165, 1.54) is 20.4 Å². The maximum atomic E-state index is 11.8. The Kier molecular flexibility index (Phi) is 7.50. The summed E-state index contributed by atoms with van der Waals surface area (Å²) in [6.45, 7) is 0.344. The number of carboxylic acids is 1. The van der Waals surface area contributed by atoms with Gasteiger partial charge in [-0.2, -0.15) is 5.10 Å². The lowest BCUT2D eigenvalue weighted by molar-refractivity contribution is -0.138. The van der Waals surface area contributed by atoms with Crippen molar-refractivity contribution in [2.45, 2.75) is 18.3 Å². The van der Waals surface area contributed by atoms with Gasteiger partial charge in [-0.25, -0.2) is 0 Å². The second kappa shape index (κ2) is 10.5. The summed E-state index contributed by atoms with van der Waals surface area (Å²) in [5.41, 5.74) is 1.64. The summed E-state index contributed by atoms with van der Waals surface area (Å²) in [4.78, 5) is 22.6. The average Bonchev–Trinajstić information content (AvgIpc) is 3.10. The number of carboxylic acid groups (broad SMARTS) is 1. The molecule has 3 rings (SSSR count). The van der Waals surface area contributed by atoms with Gasteiger partial charge in [-0.15, -0.1) is 5.10 Å². The van der Waals surface area contributed by atoms with E-state index in [-0.39, 0.29) is 11.6 Å². The number of aliphatic carboxylic acids is 1. The van der Waals surface area contributed by atoms with Crippen LogP contribution < -0.4 is 19.5 Å². The molecule has 10 heteroatoms. The molecular weight excluding hydrogens is 422 g/mol. The molecule has 1 amide bonds. The lowest BCUT2D eigenvalue weighted by Gasteiger charge is -2.14. The smallest absolute Gasteiger partial charge is 0.305 e. The van der Waals surface area contributed by atoms with E-state index >= 15 is 0 Å². The zero-order valence-corrected chi connectivity index (χ0v) is 17.7. The van der Waals surface area contributed by atoms with Crippen LogP contribution in [-0.2, 0) is 16.2 Å². The summed E-state index contributed by atoms with van der Waals surface area (Å²) >= 11 is 1.03. The van der Waals surface area contributed by atoms with Gasteiger partial charge in [0.05, 0.1) is 26.9 Å². The van der Waals surface area contributed by atoms with Gasteiger partial charge in [0.15, 0.2) is 16.7 Å². The second-order valence-electron chi connectivity index (χ2n) is 6.37. The zero-order valence-electron chi connectivity index (χ0n) is 16.9.